The minimum Gasteiger partial charge on any atom is -0.493 e. The van der Waals surface area contributed by atoms with Crippen molar-refractivity contribution in [1.29, 1.82) is 0 Å². The minimum atomic E-state index is 0.125. The standard InChI is InChI=1S/C13H19NO3/c1-14(2)7-13-10-6-12(16-4)11(15-3)5-9(10)8-17-13/h5-6,13H,7-8H2,1-4H3. The SMILES string of the molecule is COc1cc2c(cc1OC)C(CN(C)C)OC2. The normalized spacial score (nSPS) is 18.3. The van der Waals surface area contributed by atoms with Crippen LogP contribution >= 0.6 is 0 Å². The molecule has 0 saturated carbocycles. The molecule has 4 nitrogen and oxygen atoms in total. The largest absolute Gasteiger partial charge is 0.493 e. The van der Waals surface area contributed by atoms with Crippen molar-refractivity contribution in [2.24, 2.45) is 0 Å². The topological polar surface area (TPSA) is 30.9 Å². The molecule has 1 aliphatic heterocycles. The first kappa shape index (κ1) is 12.2. The van der Waals surface area contributed by atoms with Gasteiger partial charge in [-0.2, -0.15) is 0 Å². The van der Waals surface area contributed by atoms with Gasteiger partial charge in [0.25, 0.3) is 0 Å². The van der Waals surface area contributed by atoms with E-state index in [4.69, 9.17) is 14.2 Å². The van der Waals surface area contributed by atoms with Gasteiger partial charge in [0, 0.05) is 6.54 Å². The van der Waals surface area contributed by atoms with Crippen LogP contribution < -0.4 is 9.47 Å². The van der Waals surface area contributed by atoms with E-state index in [0.29, 0.717) is 6.61 Å². The summed E-state index contributed by atoms with van der Waals surface area (Å²) in [6, 6.07) is 4.03. The Morgan fingerprint density at radius 3 is 2.47 bits per heavy atom. The number of ether oxygens (including phenoxy) is 3. The number of nitrogens with zero attached hydrogens (tertiary/aromatic N) is 1. The van der Waals surface area contributed by atoms with Crippen molar-refractivity contribution >= 4 is 0 Å². The number of benzene rings is 1. The summed E-state index contributed by atoms with van der Waals surface area (Å²) >= 11 is 0. The van der Waals surface area contributed by atoms with E-state index in [1.165, 1.54) is 11.1 Å². The maximum absolute atomic E-state index is 5.78. The van der Waals surface area contributed by atoms with Crippen molar-refractivity contribution in [3.8, 4) is 11.5 Å². The Hall–Kier alpha value is -1.26. The van der Waals surface area contributed by atoms with Gasteiger partial charge in [-0.3, -0.25) is 0 Å². The summed E-state index contributed by atoms with van der Waals surface area (Å²) in [4.78, 5) is 2.12. The first-order valence-electron chi connectivity index (χ1n) is 5.66. The maximum atomic E-state index is 5.78. The van der Waals surface area contributed by atoms with Gasteiger partial charge >= 0.3 is 0 Å². The van der Waals surface area contributed by atoms with Crippen LogP contribution in [0.4, 0.5) is 0 Å². The Bertz CT molecular complexity index is 404. The Kier molecular flexibility index (Phi) is 3.54. The maximum Gasteiger partial charge on any atom is 0.161 e. The summed E-state index contributed by atoms with van der Waals surface area (Å²) in [7, 11) is 7.39. The van der Waals surface area contributed by atoms with Gasteiger partial charge < -0.3 is 19.1 Å². The minimum absolute atomic E-state index is 0.125. The van der Waals surface area contributed by atoms with Crippen LogP contribution in [-0.4, -0.2) is 39.8 Å². The second kappa shape index (κ2) is 4.94. The van der Waals surface area contributed by atoms with Crippen LogP contribution in [0, 0.1) is 0 Å². The third-order valence-corrected chi connectivity index (χ3v) is 2.96. The molecule has 0 bridgehead atoms. The lowest BCUT2D eigenvalue weighted by Gasteiger charge is -2.17. The third kappa shape index (κ3) is 2.37. The Morgan fingerprint density at radius 1 is 1.24 bits per heavy atom. The fraction of sp³-hybridized carbons (Fsp3) is 0.538. The monoisotopic (exact) mass is 237 g/mol. The molecule has 0 aromatic heterocycles. The first-order valence-corrected chi connectivity index (χ1v) is 5.66. The van der Waals surface area contributed by atoms with Gasteiger partial charge in [0.15, 0.2) is 11.5 Å². The summed E-state index contributed by atoms with van der Waals surface area (Å²) in [5, 5.41) is 0. The van der Waals surface area contributed by atoms with Crippen LogP contribution in [0.1, 0.15) is 17.2 Å². The molecule has 1 aliphatic rings. The number of hydrogen-bond donors (Lipinski definition) is 0. The Labute approximate surface area is 102 Å². The van der Waals surface area contributed by atoms with Crippen molar-refractivity contribution in [1.82, 2.24) is 4.90 Å². The molecule has 0 saturated heterocycles. The molecule has 0 fully saturated rings. The fourth-order valence-corrected chi connectivity index (χ4v) is 2.12. The lowest BCUT2D eigenvalue weighted by molar-refractivity contribution is 0.0474. The fourth-order valence-electron chi connectivity index (χ4n) is 2.12. The highest BCUT2D eigenvalue weighted by Gasteiger charge is 2.26. The molecule has 94 valence electrons. The molecule has 17 heavy (non-hydrogen) atoms. The molecule has 2 rings (SSSR count). The molecule has 0 aliphatic carbocycles. The van der Waals surface area contributed by atoms with E-state index in [1.54, 1.807) is 14.2 Å². The van der Waals surface area contributed by atoms with Crippen molar-refractivity contribution in [3.63, 3.8) is 0 Å². The quantitative estimate of drug-likeness (QED) is 0.799. The van der Waals surface area contributed by atoms with Gasteiger partial charge in [0.05, 0.1) is 26.9 Å². The van der Waals surface area contributed by atoms with E-state index in [1.807, 2.05) is 26.2 Å². The highest BCUT2D eigenvalue weighted by molar-refractivity contribution is 5.49. The van der Waals surface area contributed by atoms with Crippen molar-refractivity contribution < 1.29 is 14.2 Å². The van der Waals surface area contributed by atoms with Gasteiger partial charge in [0.2, 0.25) is 0 Å². The first-order chi connectivity index (χ1) is 8.15. The van der Waals surface area contributed by atoms with E-state index >= 15 is 0 Å². The second-order valence-corrected chi connectivity index (χ2v) is 4.47. The zero-order valence-electron chi connectivity index (χ0n) is 10.8. The van der Waals surface area contributed by atoms with Gasteiger partial charge in [0.1, 0.15) is 0 Å². The summed E-state index contributed by atoms with van der Waals surface area (Å²) in [5.74, 6) is 1.53. The van der Waals surface area contributed by atoms with Crippen molar-refractivity contribution in [3.05, 3.63) is 23.3 Å². The molecule has 0 spiro atoms. The van der Waals surface area contributed by atoms with Gasteiger partial charge in [-0.05, 0) is 37.4 Å². The average Bonchev–Trinajstić information content (AvgIpc) is 2.69. The van der Waals surface area contributed by atoms with Crippen LogP contribution in [0.3, 0.4) is 0 Å². The van der Waals surface area contributed by atoms with Crippen LogP contribution in [-0.2, 0) is 11.3 Å². The third-order valence-electron chi connectivity index (χ3n) is 2.96. The number of rotatable bonds is 4. The highest BCUT2D eigenvalue weighted by Crippen LogP contribution is 2.39. The lowest BCUT2D eigenvalue weighted by atomic mass is 10.0. The van der Waals surface area contributed by atoms with Crippen LogP contribution in [0.5, 0.6) is 11.5 Å². The number of methoxy groups -OCH3 is 2. The number of hydrogen-bond acceptors (Lipinski definition) is 4. The van der Waals surface area contributed by atoms with E-state index in [9.17, 15) is 0 Å². The molecule has 0 radical (unpaired) electrons. The predicted molar refractivity (Wildman–Crippen MR) is 65.6 cm³/mol. The second-order valence-electron chi connectivity index (χ2n) is 4.47. The molecule has 1 unspecified atom stereocenters. The molecular formula is C13H19NO3. The van der Waals surface area contributed by atoms with Gasteiger partial charge in [-0.15, -0.1) is 0 Å². The predicted octanol–water partition coefficient (Wildman–Crippen LogP) is 1.84. The molecule has 0 amide bonds. The van der Waals surface area contributed by atoms with E-state index in [0.717, 1.165) is 18.0 Å². The highest BCUT2D eigenvalue weighted by atomic mass is 16.5. The summed E-state index contributed by atoms with van der Waals surface area (Å²) < 4.78 is 16.4. The van der Waals surface area contributed by atoms with Crippen molar-refractivity contribution in [2.75, 3.05) is 34.9 Å². The summed E-state index contributed by atoms with van der Waals surface area (Å²) in [6.45, 7) is 1.52. The molecule has 1 heterocycles. The van der Waals surface area contributed by atoms with Gasteiger partial charge in [-0.25, -0.2) is 0 Å². The Morgan fingerprint density at radius 2 is 1.88 bits per heavy atom. The Balaban J connectivity index is 2.32. The van der Waals surface area contributed by atoms with E-state index < -0.39 is 0 Å². The van der Waals surface area contributed by atoms with E-state index in [-0.39, 0.29) is 6.10 Å². The van der Waals surface area contributed by atoms with Crippen molar-refractivity contribution in [2.45, 2.75) is 12.7 Å². The van der Waals surface area contributed by atoms with Crippen LogP contribution in [0.2, 0.25) is 0 Å². The lowest BCUT2D eigenvalue weighted by Crippen LogP contribution is -2.19. The zero-order chi connectivity index (χ0) is 12.4. The number of likely N-dealkylation sites (N-methyl/N-ethyl adjacent to an activating group) is 1. The summed E-state index contributed by atoms with van der Waals surface area (Å²) in [6.07, 6.45) is 0.125. The average molecular weight is 237 g/mol. The molecule has 1 aromatic carbocycles. The van der Waals surface area contributed by atoms with Crippen LogP contribution in [0.25, 0.3) is 0 Å². The molecule has 1 aromatic rings. The molecule has 0 N–H and O–H groups in total. The van der Waals surface area contributed by atoms with Crippen LogP contribution in [0.15, 0.2) is 12.1 Å². The summed E-state index contributed by atoms with van der Waals surface area (Å²) in [5.41, 5.74) is 2.39. The number of fused-ring (bicyclic) bond motifs is 1. The van der Waals surface area contributed by atoms with E-state index in [2.05, 4.69) is 4.90 Å². The molecular weight excluding hydrogens is 218 g/mol. The molecule has 4 heteroatoms. The van der Waals surface area contributed by atoms with Gasteiger partial charge in [-0.1, -0.05) is 0 Å². The molecule has 1 atom stereocenters. The smallest absolute Gasteiger partial charge is 0.161 e. The zero-order valence-corrected chi connectivity index (χ0v) is 10.8.